The summed E-state index contributed by atoms with van der Waals surface area (Å²) in [6, 6.07) is 0.0388. The maximum absolute atomic E-state index is 12.4. The van der Waals surface area contributed by atoms with E-state index in [-0.39, 0.29) is 18.2 Å². The minimum Gasteiger partial charge on any atom is -0.444 e. The molecule has 2 saturated heterocycles. The Morgan fingerprint density at radius 3 is 2.27 bits per heavy atom. The molecule has 1 N–H and O–H groups in total. The summed E-state index contributed by atoms with van der Waals surface area (Å²) in [5.41, 5.74) is -1.44. The van der Waals surface area contributed by atoms with Crippen molar-refractivity contribution in [1.82, 2.24) is 4.90 Å². The van der Waals surface area contributed by atoms with Crippen molar-refractivity contribution >= 4 is 18.5 Å². The molecule has 0 aromatic rings. The van der Waals surface area contributed by atoms with Crippen molar-refractivity contribution in [2.75, 3.05) is 0 Å². The molecule has 0 spiro atoms. The van der Waals surface area contributed by atoms with Crippen LogP contribution in [0, 0.1) is 0 Å². The number of piperidine rings is 1. The zero-order valence-corrected chi connectivity index (χ0v) is 13.5. The molecule has 2 bridgehead atoms. The number of hydrogen-bond donors (Lipinski definition) is 1. The van der Waals surface area contributed by atoms with Crippen LogP contribution >= 0.6 is 0 Å². The van der Waals surface area contributed by atoms with Crippen LogP contribution in [0.25, 0.3) is 0 Å². The Hall–Kier alpha value is -1.43. The highest BCUT2D eigenvalue weighted by Crippen LogP contribution is 2.44. The SMILES string of the molecule is CC(C)(C)OC(=O)N1C2CCC1CC(O)(C1N=CCC=N1)C2. The van der Waals surface area contributed by atoms with Crippen molar-refractivity contribution in [1.29, 1.82) is 0 Å². The van der Waals surface area contributed by atoms with Gasteiger partial charge >= 0.3 is 6.09 Å². The number of amides is 1. The average molecular weight is 307 g/mol. The molecule has 6 heteroatoms. The number of aliphatic hydroxyl groups is 1. The molecule has 3 aliphatic heterocycles. The summed E-state index contributed by atoms with van der Waals surface area (Å²) < 4.78 is 5.52. The van der Waals surface area contributed by atoms with Crippen LogP contribution in [0.1, 0.15) is 52.9 Å². The average Bonchev–Trinajstić information content (AvgIpc) is 2.71. The minimum atomic E-state index is -0.947. The molecule has 6 nitrogen and oxygen atoms in total. The summed E-state index contributed by atoms with van der Waals surface area (Å²) in [7, 11) is 0. The van der Waals surface area contributed by atoms with E-state index in [0.717, 1.165) is 19.3 Å². The Bertz CT molecular complexity index is 483. The lowest BCUT2D eigenvalue weighted by Gasteiger charge is -2.45. The summed E-state index contributed by atoms with van der Waals surface area (Å²) in [5.74, 6) is 0. The first-order chi connectivity index (χ1) is 10.3. The van der Waals surface area contributed by atoms with Crippen LogP contribution in [-0.2, 0) is 4.74 Å². The molecule has 0 radical (unpaired) electrons. The molecular formula is C16H25N3O3. The van der Waals surface area contributed by atoms with Gasteiger partial charge in [-0.2, -0.15) is 0 Å². The molecule has 122 valence electrons. The summed E-state index contributed by atoms with van der Waals surface area (Å²) >= 11 is 0. The van der Waals surface area contributed by atoms with Crippen molar-refractivity contribution in [2.24, 2.45) is 9.98 Å². The van der Waals surface area contributed by atoms with E-state index in [1.807, 2.05) is 25.7 Å². The van der Waals surface area contributed by atoms with Gasteiger partial charge in [0.1, 0.15) is 11.2 Å². The van der Waals surface area contributed by atoms with Gasteiger partial charge in [0.2, 0.25) is 0 Å². The number of ether oxygens (including phenoxy) is 1. The number of nitrogens with zero attached hydrogens (tertiary/aromatic N) is 3. The molecule has 2 unspecified atom stereocenters. The first-order valence-corrected chi connectivity index (χ1v) is 8.05. The van der Waals surface area contributed by atoms with E-state index in [1.165, 1.54) is 0 Å². The maximum atomic E-state index is 12.4. The van der Waals surface area contributed by atoms with E-state index in [0.29, 0.717) is 12.8 Å². The van der Waals surface area contributed by atoms with Gasteiger partial charge in [0, 0.05) is 43.8 Å². The highest BCUT2D eigenvalue weighted by molar-refractivity contribution is 5.81. The highest BCUT2D eigenvalue weighted by Gasteiger charge is 2.53. The monoisotopic (exact) mass is 307 g/mol. The number of rotatable bonds is 1. The van der Waals surface area contributed by atoms with Gasteiger partial charge in [0.25, 0.3) is 0 Å². The topological polar surface area (TPSA) is 74.5 Å². The van der Waals surface area contributed by atoms with Gasteiger partial charge in [-0.15, -0.1) is 0 Å². The lowest BCUT2D eigenvalue weighted by molar-refractivity contribution is -0.0698. The van der Waals surface area contributed by atoms with Gasteiger partial charge in [0.05, 0.1) is 0 Å². The normalized spacial score (nSPS) is 35.0. The van der Waals surface area contributed by atoms with Crippen LogP contribution < -0.4 is 0 Å². The van der Waals surface area contributed by atoms with Gasteiger partial charge < -0.3 is 14.7 Å². The molecule has 22 heavy (non-hydrogen) atoms. The van der Waals surface area contributed by atoms with E-state index in [4.69, 9.17) is 4.74 Å². The van der Waals surface area contributed by atoms with Gasteiger partial charge in [-0.05, 0) is 33.6 Å². The van der Waals surface area contributed by atoms with Crippen molar-refractivity contribution in [3.05, 3.63) is 0 Å². The predicted molar refractivity (Wildman–Crippen MR) is 84.5 cm³/mol. The van der Waals surface area contributed by atoms with Crippen LogP contribution in [0.4, 0.5) is 4.79 Å². The van der Waals surface area contributed by atoms with Crippen molar-refractivity contribution in [3.8, 4) is 0 Å². The minimum absolute atomic E-state index is 0.0194. The summed E-state index contributed by atoms with van der Waals surface area (Å²) in [6.07, 6.45) is 6.49. The Morgan fingerprint density at radius 2 is 1.77 bits per heavy atom. The zero-order valence-electron chi connectivity index (χ0n) is 13.5. The van der Waals surface area contributed by atoms with E-state index in [1.54, 1.807) is 12.4 Å². The Labute approximate surface area is 131 Å². The molecule has 3 aliphatic rings. The fourth-order valence-corrected chi connectivity index (χ4v) is 3.77. The first kappa shape index (κ1) is 15.5. The molecule has 0 aromatic heterocycles. The standard InChI is InChI=1S/C16H25N3O3/c1-15(2,3)22-14(20)19-11-5-6-12(19)10-16(21,9-11)13-17-7-4-8-18-13/h7-8,11-13,21H,4-6,9-10H2,1-3H3. The second-order valence-electron chi connectivity index (χ2n) is 7.56. The molecule has 2 fully saturated rings. The second kappa shape index (κ2) is 5.33. The highest BCUT2D eigenvalue weighted by atomic mass is 16.6. The number of aliphatic imine (C=N–C) groups is 2. The lowest BCUT2D eigenvalue weighted by atomic mass is 9.83. The number of carbonyl (C=O) groups excluding carboxylic acids is 1. The Morgan fingerprint density at radius 1 is 1.23 bits per heavy atom. The molecule has 3 rings (SSSR count). The molecule has 0 saturated carbocycles. The van der Waals surface area contributed by atoms with Crippen LogP contribution in [0.2, 0.25) is 0 Å². The summed E-state index contributed by atoms with van der Waals surface area (Å²) in [4.78, 5) is 22.9. The lowest BCUT2D eigenvalue weighted by Crippen LogP contribution is -2.57. The van der Waals surface area contributed by atoms with Crippen LogP contribution in [0.5, 0.6) is 0 Å². The third-order valence-corrected chi connectivity index (χ3v) is 4.59. The third-order valence-electron chi connectivity index (χ3n) is 4.59. The second-order valence-corrected chi connectivity index (χ2v) is 7.56. The van der Waals surface area contributed by atoms with Gasteiger partial charge in [-0.3, -0.25) is 9.98 Å². The summed E-state index contributed by atoms with van der Waals surface area (Å²) in [5, 5.41) is 11.0. The number of hydrogen-bond acceptors (Lipinski definition) is 5. The number of carbonyl (C=O) groups is 1. The Kier molecular flexibility index (Phi) is 3.75. The van der Waals surface area contributed by atoms with E-state index >= 15 is 0 Å². The zero-order chi connectivity index (χ0) is 16.0. The van der Waals surface area contributed by atoms with Crippen molar-refractivity contribution < 1.29 is 14.6 Å². The smallest absolute Gasteiger partial charge is 0.410 e. The third kappa shape index (κ3) is 2.89. The van der Waals surface area contributed by atoms with Crippen LogP contribution in [0.15, 0.2) is 9.98 Å². The predicted octanol–water partition coefficient (Wildman–Crippen LogP) is 2.15. The largest absolute Gasteiger partial charge is 0.444 e. The van der Waals surface area contributed by atoms with Crippen molar-refractivity contribution in [2.45, 2.75) is 82.3 Å². The molecule has 0 aliphatic carbocycles. The fourth-order valence-electron chi connectivity index (χ4n) is 3.77. The van der Waals surface area contributed by atoms with Gasteiger partial charge in [-0.1, -0.05) is 0 Å². The molecule has 2 atom stereocenters. The summed E-state index contributed by atoms with van der Waals surface area (Å²) in [6.45, 7) is 5.62. The molecule has 1 amide bonds. The molecular weight excluding hydrogens is 282 g/mol. The maximum Gasteiger partial charge on any atom is 0.410 e. The fraction of sp³-hybridized carbons (Fsp3) is 0.812. The van der Waals surface area contributed by atoms with Crippen LogP contribution in [-0.4, -0.2) is 58.0 Å². The Balaban J connectivity index is 1.74. The number of fused-ring (bicyclic) bond motifs is 2. The quantitative estimate of drug-likeness (QED) is 0.806. The van der Waals surface area contributed by atoms with Gasteiger partial charge in [-0.25, -0.2) is 4.79 Å². The van der Waals surface area contributed by atoms with Crippen molar-refractivity contribution in [3.63, 3.8) is 0 Å². The van der Waals surface area contributed by atoms with E-state index in [9.17, 15) is 9.90 Å². The van der Waals surface area contributed by atoms with Gasteiger partial charge in [0.15, 0.2) is 6.17 Å². The van der Waals surface area contributed by atoms with E-state index < -0.39 is 17.4 Å². The van der Waals surface area contributed by atoms with Crippen LogP contribution in [0.3, 0.4) is 0 Å². The molecule has 0 aromatic carbocycles. The van der Waals surface area contributed by atoms with E-state index in [2.05, 4.69) is 9.98 Å². The molecule has 3 heterocycles. The first-order valence-electron chi connectivity index (χ1n) is 8.05.